The Kier molecular flexibility index (Phi) is 5.39. The predicted molar refractivity (Wildman–Crippen MR) is 74.8 cm³/mol. The van der Waals surface area contributed by atoms with Crippen LogP contribution < -0.4 is 10.6 Å². The highest BCUT2D eigenvalue weighted by molar-refractivity contribution is 5.78. The van der Waals surface area contributed by atoms with Crippen molar-refractivity contribution in [2.45, 2.75) is 44.6 Å². The number of rotatable bonds is 6. The summed E-state index contributed by atoms with van der Waals surface area (Å²) in [5, 5.41) is 10.4. The number of carbonyl (C=O) groups excluding carboxylic acids is 1. The number of hydrogen-bond acceptors (Lipinski definition) is 3. The summed E-state index contributed by atoms with van der Waals surface area (Å²) in [4.78, 5) is 11.7. The van der Waals surface area contributed by atoms with E-state index >= 15 is 0 Å². The third-order valence-electron chi connectivity index (χ3n) is 3.74. The van der Waals surface area contributed by atoms with Gasteiger partial charge in [0.1, 0.15) is 0 Å². The largest absolute Gasteiger partial charge is 0.352 e. The van der Waals surface area contributed by atoms with Crippen molar-refractivity contribution in [2.24, 2.45) is 7.05 Å². The maximum atomic E-state index is 11.7. The van der Waals surface area contributed by atoms with E-state index in [2.05, 4.69) is 15.7 Å². The monoisotopic (exact) mass is 264 g/mol. The molecule has 1 fully saturated rings. The van der Waals surface area contributed by atoms with Crippen LogP contribution in [0.2, 0.25) is 0 Å². The Hall–Kier alpha value is -1.36. The zero-order chi connectivity index (χ0) is 13.5. The van der Waals surface area contributed by atoms with Gasteiger partial charge < -0.3 is 10.6 Å². The van der Waals surface area contributed by atoms with Crippen LogP contribution in [0.3, 0.4) is 0 Å². The van der Waals surface area contributed by atoms with Gasteiger partial charge in [0.05, 0.1) is 6.54 Å². The summed E-state index contributed by atoms with van der Waals surface area (Å²) < 4.78 is 1.86. The summed E-state index contributed by atoms with van der Waals surface area (Å²) in [6.07, 6.45) is 8.78. The third kappa shape index (κ3) is 4.67. The van der Waals surface area contributed by atoms with Crippen molar-refractivity contribution in [3.63, 3.8) is 0 Å². The molecule has 0 aromatic carbocycles. The van der Waals surface area contributed by atoms with Gasteiger partial charge in [0.2, 0.25) is 5.91 Å². The van der Waals surface area contributed by atoms with Crippen LogP contribution in [0.25, 0.3) is 0 Å². The second kappa shape index (κ2) is 7.28. The average Bonchev–Trinajstić information content (AvgIpc) is 2.81. The van der Waals surface area contributed by atoms with Crippen molar-refractivity contribution < 1.29 is 4.79 Å². The van der Waals surface area contributed by atoms with Gasteiger partial charge in [-0.1, -0.05) is 19.3 Å². The number of aromatic nitrogens is 2. The molecule has 1 aromatic rings. The van der Waals surface area contributed by atoms with Crippen LogP contribution in [-0.4, -0.2) is 34.8 Å². The van der Waals surface area contributed by atoms with Gasteiger partial charge in [-0.3, -0.25) is 9.48 Å². The smallest absolute Gasteiger partial charge is 0.234 e. The first-order valence-electron chi connectivity index (χ1n) is 7.22. The van der Waals surface area contributed by atoms with E-state index in [1.807, 2.05) is 17.8 Å². The lowest BCUT2D eigenvalue weighted by Gasteiger charge is -2.22. The number of nitrogens with zero attached hydrogens (tertiary/aromatic N) is 2. The highest BCUT2D eigenvalue weighted by atomic mass is 16.1. The highest BCUT2D eigenvalue weighted by Gasteiger charge is 2.15. The zero-order valence-corrected chi connectivity index (χ0v) is 11.7. The molecule has 1 heterocycles. The molecule has 19 heavy (non-hydrogen) atoms. The minimum absolute atomic E-state index is 0.122. The molecular weight excluding hydrogens is 240 g/mol. The molecule has 5 heteroatoms. The van der Waals surface area contributed by atoms with E-state index in [9.17, 15) is 4.79 Å². The van der Waals surface area contributed by atoms with Crippen LogP contribution in [0.4, 0.5) is 0 Å². The van der Waals surface area contributed by atoms with Crippen molar-refractivity contribution in [3.8, 4) is 0 Å². The third-order valence-corrected chi connectivity index (χ3v) is 3.74. The van der Waals surface area contributed by atoms with E-state index in [-0.39, 0.29) is 5.91 Å². The predicted octanol–water partition coefficient (Wildman–Crippen LogP) is 1.00. The summed E-state index contributed by atoms with van der Waals surface area (Å²) in [5.41, 5.74) is 1.18. The van der Waals surface area contributed by atoms with Crippen LogP contribution in [0, 0.1) is 0 Å². The summed E-state index contributed by atoms with van der Waals surface area (Å²) in [6.45, 7) is 1.21. The summed E-state index contributed by atoms with van der Waals surface area (Å²) in [6, 6.07) is 2.41. The lowest BCUT2D eigenvalue weighted by atomic mass is 9.95. The number of hydrogen-bond donors (Lipinski definition) is 2. The molecule has 1 amide bonds. The molecule has 2 rings (SSSR count). The molecule has 1 aliphatic rings. The van der Waals surface area contributed by atoms with E-state index in [1.165, 1.54) is 25.0 Å². The van der Waals surface area contributed by atoms with Gasteiger partial charge in [0.25, 0.3) is 0 Å². The van der Waals surface area contributed by atoms with E-state index in [0.29, 0.717) is 12.6 Å². The Balaban J connectivity index is 1.57. The van der Waals surface area contributed by atoms with Crippen LogP contribution in [0.1, 0.15) is 37.8 Å². The van der Waals surface area contributed by atoms with E-state index in [0.717, 1.165) is 25.8 Å². The van der Waals surface area contributed by atoms with Crippen LogP contribution in [-0.2, 0) is 18.3 Å². The Morgan fingerprint density at radius 1 is 1.42 bits per heavy atom. The molecule has 2 N–H and O–H groups in total. The number of carbonyl (C=O) groups is 1. The van der Waals surface area contributed by atoms with E-state index in [4.69, 9.17) is 0 Å². The summed E-state index contributed by atoms with van der Waals surface area (Å²) in [7, 11) is 1.94. The molecule has 0 saturated heterocycles. The molecule has 0 atom stereocenters. The number of nitrogens with one attached hydrogen (secondary N) is 2. The van der Waals surface area contributed by atoms with Gasteiger partial charge in [-0.2, -0.15) is 5.10 Å². The Labute approximate surface area is 114 Å². The van der Waals surface area contributed by atoms with E-state index < -0.39 is 0 Å². The molecule has 0 bridgehead atoms. The van der Waals surface area contributed by atoms with Gasteiger partial charge in [-0.25, -0.2) is 0 Å². The van der Waals surface area contributed by atoms with Crippen LogP contribution >= 0.6 is 0 Å². The zero-order valence-electron chi connectivity index (χ0n) is 11.7. The first kappa shape index (κ1) is 14.1. The molecule has 1 saturated carbocycles. The number of aryl methyl sites for hydroxylation is 1. The van der Waals surface area contributed by atoms with Gasteiger partial charge >= 0.3 is 0 Å². The molecule has 0 spiro atoms. The van der Waals surface area contributed by atoms with Crippen molar-refractivity contribution in [2.75, 3.05) is 13.1 Å². The standard InChI is InChI=1S/C14H24N4O/c1-18-13(8-10-16-18)7-9-15-11-14(19)17-12-5-3-2-4-6-12/h8,10,12,15H,2-7,9,11H2,1H3,(H,17,19). The lowest BCUT2D eigenvalue weighted by Crippen LogP contribution is -2.41. The minimum Gasteiger partial charge on any atom is -0.352 e. The summed E-state index contributed by atoms with van der Waals surface area (Å²) >= 11 is 0. The van der Waals surface area contributed by atoms with Crippen molar-refractivity contribution in [1.29, 1.82) is 0 Å². The van der Waals surface area contributed by atoms with Crippen LogP contribution in [0.5, 0.6) is 0 Å². The van der Waals surface area contributed by atoms with Crippen molar-refractivity contribution >= 4 is 5.91 Å². The maximum absolute atomic E-state index is 11.7. The summed E-state index contributed by atoms with van der Waals surface area (Å²) in [5.74, 6) is 0.122. The Morgan fingerprint density at radius 3 is 2.89 bits per heavy atom. The second-order valence-corrected chi connectivity index (χ2v) is 5.28. The van der Waals surface area contributed by atoms with E-state index in [1.54, 1.807) is 6.20 Å². The van der Waals surface area contributed by atoms with Gasteiger partial charge in [0.15, 0.2) is 0 Å². The molecule has 0 unspecified atom stereocenters. The fourth-order valence-electron chi connectivity index (χ4n) is 2.59. The second-order valence-electron chi connectivity index (χ2n) is 5.28. The average molecular weight is 264 g/mol. The Morgan fingerprint density at radius 2 is 2.21 bits per heavy atom. The van der Waals surface area contributed by atoms with Gasteiger partial charge in [-0.05, 0) is 18.9 Å². The molecule has 0 radical (unpaired) electrons. The lowest BCUT2D eigenvalue weighted by molar-refractivity contribution is -0.121. The first-order valence-corrected chi connectivity index (χ1v) is 7.22. The quantitative estimate of drug-likeness (QED) is 0.754. The first-order chi connectivity index (χ1) is 9.25. The maximum Gasteiger partial charge on any atom is 0.234 e. The van der Waals surface area contributed by atoms with Crippen molar-refractivity contribution in [1.82, 2.24) is 20.4 Å². The van der Waals surface area contributed by atoms with Crippen molar-refractivity contribution in [3.05, 3.63) is 18.0 Å². The fraction of sp³-hybridized carbons (Fsp3) is 0.714. The molecule has 106 valence electrons. The van der Waals surface area contributed by atoms with Gasteiger partial charge in [0, 0.05) is 37.9 Å². The molecule has 5 nitrogen and oxygen atoms in total. The highest BCUT2D eigenvalue weighted by Crippen LogP contribution is 2.16. The van der Waals surface area contributed by atoms with Gasteiger partial charge in [-0.15, -0.1) is 0 Å². The fourth-order valence-corrected chi connectivity index (χ4v) is 2.59. The molecule has 1 aliphatic carbocycles. The minimum atomic E-state index is 0.122. The molecule has 0 aliphatic heterocycles. The molecular formula is C14H24N4O. The SMILES string of the molecule is Cn1nccc1CCNCC(=O)NC1CCCCC1. The van der Waals surface area contributed by atoms with Crippen LogP contribution in [0.15, 0.2) is 12.3 Å². The Bertz CT molecular complexity index is 396. The molecule has 1 aromatic heterocycles. The number of amides is 1. The normalized spacial score (nSPS) is 16.5. The topological polar surface area (TPSA) is 59.0 Å².